The SMILES string of the molecule is CCOC(=O)C(F)[C@@H](N)c1cc(Cl)ccc1N.Cl. The van der Waals surface area contributed by atoms with Crippen molar-refractivity contribution in [2.75, 3.05) is 12.3 Å². The third-order valence-corrected chi connectivity index (χ3v) is 2.47. The normalized spacial score (nSPS) is 13.3. The third-order valence-electron chi connectivity index (χ3n) is 2.24. The van der Waals surface area contributed by atoms with E-state index in [-0.39, 0.29) is 30.3 Å². The quantitative estimate of drug-likeness (QED) is 0.660. The second-order valence-electron chi connectivity index (χ2n) is 3.45. The molecule has 0 aliphatic rings. The first-order valence-corrected chi connectivity index (χ1v) is 5.46. The fraction of sp³-hybridized carbons (Fsp3) is 0.364. The van der Waals surface area contributed by atoms with Crippen molar-refractivity contribution in [3.05, 3.63) is 28.8 Å². The fourth-order valence-electron chi connectivity index (χ4n) is 1.36. The number of benzene rings is 1. The summed E-state index contributed by atoms with van der Waals surface area (Å²) < 4.78 is 18.2. The Morgan fingerprint density at radius 1 is 1.56 bits per heavy atom. The Bertz CT molecular complexity index is 418. The van der Waals surface area contributed by atoms with E-state index >= 15 is 0 Å². The van der Waals surface area contributed by atoms with Crippen LogP contribution in [-0.2, 0) is 9.53 Å². The van der Waals surface area contributed by atoms with Gasteiger partial charge in [-0.25, -0.2) is 9.18 Å². The van der Waals surface area contributed by atoms with Crippen LogP contribution in [0, 0.1) is 0 Å². The van der Waals surface area contributed by atoms with Gasteiger partial charge in [0, 0.05) is 10.7 Å². The van der Waals surface area contributed by atoms with Crippen molar-refractivity contribution >= 4 is 35.7 Å². The minimum Gasteiger partial charge on any atom is -0.464 e. The maximum absolute atomic E-state index is 13.7. The Morgan fingerprint density at radius 3 is 2.72 bits per heavy atom. The van der Waals surface area contributed by atoms with Gasteiger partial charge in [0.05, 0.1) is 12.6 Å². The third kappa shape index (κ3) is 4.01. The number of anilines is 1. The lowest BCUT2D eigenvalue weighted by Crippen LogP contribution is -2.32. The highest BCUT2D eigenvalue weighted by molar-refractivity contribution is 6.30. The van der Waals surface area contributed by atoms with Gasteiger partial charge in [-0.05, 0) is 30.7 Å². The van der Waals surface area contributed by atoms with E-state index in [1.807, 2.05) is 0 Å². The first-order chi connectivity index (χ1) is 7.97. The number of carbonyl (C=O) groups excluding carboxylic acids is 1. The lowest BCUT2D eigenvalue weighted by Gasteiger charge is -2.17. The minimum atomic E-state index is -1.96. The summed E-state index contributed by atoms with van der Waals surface area (Å²) >= 11 is 5.76. The fourth-order valence-corrected chi connectivity index (χ4v) is 1.54. The van der Waals surface area contributed by atoms with Crippen LogP contribution >= 0.6 is 24.0 Å². The van der Waals surface area contributed by atoms with Gasteiger partial charge < -0.3 is 16.2 Å². The Labute approximate surface area is 116 Å². The van der Waals surface area contributed by atoms with E-state index in [0.717, 1.165) is 0 Å². The first kappa shape index (κ1) is 17.0. The molecule has 4 nitrogen and oxygen atoms in total. The van der Waals surface area contributed by atoms with Crippen LogP contribution in [0.15, 0.2) is 18.2 Å². The highest BCUT2D eigenvalue weighted by Crippen LogP contribution is 2.26. The van der Waals surface area contributed by atoms with Crippen molar-refractivity contribution in [1.82, 2.24) is 0 Å². The molecule has 0 amide bonds. The van der Waals surface area contributed by atoms with Gasteiger partial charge in [-0.2, -0.15) is 0 Å². The van der Waals surface area contributed by atoms with Crippen LogP contribution in [0.25, 0.3) is 0 Å². The van der Waals surface area contributed by atoms with Crippen LogP contribution < -0.4 is 11.5 Å². The Balaban J connectivity index is 0.00000289. The molecular formula is C11H15Cl2FN2O2. The monoisotopic (exact) mass is 296 g/mol. The van der Waals surface area contributed by atoms with Gasteiger partial charge >= 0.3 is 5.97 Å². The average Bonchev–Trinajstić information content (AvgIpc) is 2.30. The predicted molar refractivity (Wildman–Crippen MR) is 71.6 cm³/mol. The van der Waals surface area contributed by atoms with Crippen LogP contribution in [0.2, 0.25) is 5.02 Å². The van der Waals surface area contributed by atoms with E-state index in [4.69, 9.17) is 23.1 Å². The Morgan fingerprint density at radius 2 is 2.17 bits per heavy atom. The zero-order valence-corrected chi connectivity index (χ0v) is 11.3. The summed E-state index contributed by atoms with van der Waals surface area (Å²) in [6.07, 6.45) is -1.96. The summed E-state index contributed by atoms with van der Waals surface area (Å²) in [5.41, 5.74) is 11.8. The van der Waals surface area contributed by atoms with Crippen molar-refractivity contribution in [3.8, 4) is 0 Å². The molecule has 0 saturated heterocycles. The molecular weight excluding hydrogens is 282 g/mol. The molecule has 1 aromatic rings. The van der Waals surface area contributed by atoms with Gasteiger partial charge in [0.15, 0.2) is 0 Å². The molecule has 0 spiro atoms. The molecule has 2 atom stereocenters. The van der Waals surface area contributed by atoms with Crippen molar-refractivity contribution in [3.63, 3.8) is 0 Å². The molecule has 1 rings (SSSR count). The molecule has 0 fully saturated rings. The molecule has 0 aromatic heterocycles. The number of nitrogens with two attached hydrogens (primary N) is 2. The van der Waals surface area contributed by atoms with Crippen molar-refractivity contribution in [2.24, 2.45) is 5.73 Å². The van der Waals surface area contributed by atoms with E-state index in [2.05, 4.69) is 4.74 Å². The van der Waals surface area contributed by atoms with Crippen LogP contribution in [0.4, 0.5) is 10.1 Å². The second-order valence-corrected chi connectivity index (χ2v) is 3.89. The van der Waals surface area contributed by atoms with Crippen LogP contribution in [-0.4, -0.2) is 18.7 Å². The molecule has 0 heterocycles. The summed E-state index contributed by atoms with van der Waals surface area (Å²) in [6, 6.07) is 3.32. The lowest BCUT2D eigenvalue weighted by atomic mass is 10.0. The number of hydrogen-bond donors (Lipinski definition) is 2. The van der Waals surface area contributed by atoms with Gasteiger partial charge in [0.2, 0.25) is 6.17 Å². The molecule has 7 heteroatoms. The molecule has 4 N–H and O–H groups in total. The molecule has 102 valence electrons. The Hall–Kier alpha value is -1.04. The molecule has 0 bridgehead atoms. The zero-order chi connectivity index (χ0) is 13.0. The van der Waals surface area contributed by atoms with Gasteiger partial charge in [-0.3, -0.25) is 0 Å². The first-order valence-electron chi connectivity index (χ1n) is 5.08. The maximum atomic E-state index is 13.7. The summed E-state index contributed by atoms with van der Waals surface area (Å²) in [4.78, 5) is 11.2. The topological polar surface area (TPSA) is 78.3 Å². The van der Waals surface area contributed by atoms with E-state index in [0.29, 0.717) is 5.02 Å². The largest absolute Gasteiger partial charge is 0.464 e. The molecule has 18 heavy (non-hydrogen) atoms. The van der Waals surface area contributed by atoms with Gasteiger partial charge in [0.25, 0.3) is 0 Å². The zero-order valence-electron chi connectivity index (χ0n) is 9.73. The number of nitrogen functional groups attached to an aromatic ring is 1. The number of rotatable bonds is 4. The van der Waals surface area contributed by atoms with Crippen molar-refractivity contribution < 1.29 is 13.9 Å². The summed E-state index contributed by atoms with van der Waals surface area (Å²) in [6.45, 7) is 1.68. The van der Waals surface area contributed by atoms with Gasteiger partial charge in [-0.15, -0.1) is 12.4 Å². The smallest absolute Gasteiger partial charge is 0.342 e. The highest BCUT2D eigenvalue weighted by Gasteiger charge is 2.29. The number of carbonyl (C=O) groups is 1. The predicted octanol–water partition coefficient (Wildman–Crippen LogP) is 2.24. The van der Waals surface area contributed by atoms with E-state index in [1.165, 1.54) is 12.1 Å². The lowest BCUT2D eigenvalue weighted by molar-refractivity contribution is -0.149. The number of esters is 1. The maximum Gasteiger partial charge on any atom is 0.342 e. The van der Waals surface area contributed by atoms with E-state index in [1.54, 1.807) is 13.0 Å². The average molecular weight is 297 g/mol. The molecule has 1 unspecified atom stereocenters. The van der Waals surface area contributed by atoms with E-state index < -0.39 is 18.2 Å². The van der Waals surface area contributed by atoms with Crippen molar-refractivity contribution in [2.45, 2.75) is 19.1 Å². The van der Waals surface area contributed by atoms with E-state index in [9.17, 15) is 9.18 Å². The molecule has 1 aromatic carbocycles. The minimum absolute atomic E-state index is 0. The summed E-state index contributed by atoms with van der Waals surface area (Å²) in [7, 11) is 0. The number of alkyl halides is 1. The molecule has 0 saturated carbocycles. The van der Waals surface area contributed by atoms with Crippen LogP contribution in [0.5, 0.6) is 0 Å². The van der Waals surface area contributed by atoms with Crippen LogP contribution in [0.1, 0.15) is 18.5 Å². The number of hydrogen-bond acceptors (Lipinski definition) is 4. The molecule has 0 radical (unpaired) electrons. The van der Waals surface area contributed by atoms with Gasteiger partial charge in [-0.1, -0.05) is 11.6 Å². The van der Waals surface area contributed by atoms with Crippen molar-refractivity contribution in [1.29, 1.82) is 0 Å². The highest BCUT2D eigenvalue weighted by atomic mass is 35.5. The number of ether oxygens (including phenoxy) is 1. The Kier molecular flexibility index (Phi) is 6.98. The molecule has 0 aliphatic carbocycles. The van der Waals surface area contributed by atoms with Gasteiger partial charge in [0.1, 0.15) is 0 Å². The second kappa shape index (κ2) is 7.41. The standard InChI is InChI=1S/C11H14ClFN2O2.ClH/c1-2-17-11(16)9(13)10(15)7-5-6(12)3-4-8(7)14;/h3-5,9-10H,2,14-15H2,1H3;1H/t9?,10-;/m0./s1. The summed E-state index contributed by atoms with van der Waals surface area (Å²) in [5, 5.41) is 0.376. The molecule has 0 aliphatic heterocycles. The summed E-state index contributed by atoms with van der Waals surface area (Å²) in [5.74, 6) is -1.00. The van der Waals surface area contributed by atoms with Crippen LogP contribution in [0.3, 0.4) is 0 Å². The number of halogens is 3.